The van der Waals surface area contributed by atoms with Gasteiger partial charge in [-0.25, -0.2) is 4.79 Å². The molecule has 0 saturated heterocycles. The zero-order valence-corrected chi connectivity index (χ0v) is 18.6. The van der Waals surface area contributed by atoms with E-state index < -0.39 is 11.8 Å². The number of allylic oxidation sites excluding steroid dienone is 1. The summed E-state index contributed by atoms with van der Waals surface area (Å²) in [6, 6.07) is 0. The molecule has 6 rings (SSSR count). The Kier molecular flexibility index (Phi) is 4.46. The number of carboxylic acid groups (broad SMARTS) is 1. The van der Waals surface area contributed by atoms with E-state index in [4.69, 9.17) is 9.84 Å². The van der Waals surface area contributed by atoms with Gasteiger partial charge in [0.05, 0.1) is 12.2 Å². The highest BCUT2D eigenvalue weighted by atomic mass is 16.7. The molecule has 0 spiro atoms. The van der Waals surface area contributed by atoms with E-state index in [1.807, 2.05) is 6.08 Å². The smallest absolute Gasteiger partial charge is 0.450 e. The van der Waals surface area contributed by atoms with Crippen molar-refractivity contribution in [1.29, 1.82) is 0 Å². The molecule has 0 aromatic carbocycles. The van der Waals surface area contributed by atoms with Crippen molar-refractivity contribution in [1.82, 2.24) is 0 Å². The van der Waals surface area contributed by atoms with Gasteiger partial charge in [0.25, 0.3) is 0 Å². The fourth-order valence-corrected chi connectivity index (χ4v) is 9.63. The molecule has 170 valence electrons. The van der Waals surface area contributed by atoms with E-state index >= 15 is 0 Å². The Balaban J connectivity index is 1.36. The number of ether oxygens (including phenoxy) is 1. The van der Waals surface area contributed by atoms with Crippen LogP contribution in [0.25, 0.3) is 0 Å². The topological polar surface area (TPSA) is 83.8 Å². The van der Waals surface area contributed by atoms with E-state index in [1.165, 1.54) is 18.4 Å². The molecule has 0 radical (unpaired) electrons. The molecule has 0 amide bonds. The van der Waals surface area contributed by atoms with Gasteiger partial charge in [0.1, 0.15) is 0 Å². The van der Waals surface area contributed by atoms with E-state index in [1.54, 1.807) is 0 Å². The summed E-state index contributed by atoms with van der Waals surface area (Å²) in [5.74, 6) is 5.19. The van der Waals surface area contributed by atoms with Gasteiger partial charge < -0.3 is 14.9 Å². The number of carbonyl (C=O) groups is 2. The van der Waals surface area contributed by atoms with Gasteiger partial charge in [-0.15, -0.1) is 0 Å². The minimum Gasteiger partial charge on any atom is -0.450 e. The first-order valence-corrected chi connectivity index (χ1v) is 12.7. The predicted octanol–water partition coefficient (Wildman–Crippen LogP) is 4.83. The largest absolute Gasteiger partial charge is 0.505 e. The van der Waals surface area contributed by atoms with Crippen molar-refractivity contribution in [3.63, 3.8) is 0 Å². The molecule has 0 aromatic heterocycles. The van der Waals surface area contributed by atoms with Crippen LogP contribution in [0.3, 0.4) is 0 Å². The molecule has 9 atom stereocenters. The van der Waals surface area contributed by atoms with Crippen molar-refractivity contribution in [2.24, 2.45) is 52.8 Å². The second kappa shape index (κ2) is 6.82. The van der Waals surface area contributed by atoms with Crippen LogP contribution >= 0.6 is 0 Å². The zero-order chi connectivity index (χ0) is 21.5. The Morgan fingerprint density at radius 3 is 2.71 bits per heavy atom. The molecule has 5 fully saturated rings. The van der Waals surface area contributed by atoms with E-state index in [0.29, 0.717) is 60.1 Å². The van der Waals surface area contributed by atoms with Crippen LogP contribution in [0.1, 0.15) is 71.1 Å². The molecule has 2 N–H and O–H groups in total. The lowest BCUT2D eigenvalue weighted by Gasteiger charge is -2.60. The van der Waals surface area contributed by atoms with Crippen molar-refractivity contribution >= 4 is 11.9 Å². The Hall–Kier alpha value is -1.36. The number of rotatable bonds is 5. The molecule has 5 saturated carbocycles. The molecular weight excluding hydrogens is 392 g/mol. The van der Waals surface area contributed by atoms with Gasteiger partial charge in [-0.2, -0.15) is 0 Å². The molecule has 0 bridgehead atoms. The first-order valence-electron chi connectivity index (χ1n) is 12.7. The standard InChI is InChI=1S/C26H36O5/c1-2-25-8-7-18-17-6-5-16(27)11-15(17)12-19(14-3-4-14)22(18)23(25)20-13-21(20)26(25,30)9-10-31-24(28)29/h11,14,17-23,30H,2-10,12-13H2,1H3,(H,28,29)/t17-,18+,19+,20-,21+,22-,23-,25-,26-/m0/s1. The maximum atomic E-state index is 12.2. The maximum Gasteiger partial charge on any atom is 0.505 e. The van der Waals surface area contributed by atoms with Crippen molar-refractivity contribution in [3.8, 4) is 0 Å². The average molecular weight is 429 g/mol. The summed E-state index contributed by atoms with van der Waals surface area (Å²) in [7, 11) is 0. The summed E-state index contributed by atoms with van der Waals surface area (Å²) in [5.41, 5.74) is 0.570. The van der Waals surface area contributed by atoms with Crippen LogP contribution in [0.15, 0.2) is 11.6 Å². The van der Waals surface area contributed by atoms with E-state index in [-0.39, 0.29) is 12.0 Å². The number of ketones is 1. The highest BCUT2D eigenvalue weighted by molar-refractivity contribution is 5.91. The third-order valence-electron chi connectivity index (χ3n) is 10.8. The number of aliphatic hydroxyl groups is 1. The molecule has 31 heavy (non-hydrogen) atoms. The predicted molar refractivity (Wildman–Crippen MR) is 114 cm³/mol. The summed E-state index contributed by atoms with van der Waals surface area (Å²) < 4.78 is 4.88. The van der Waals surface area contributed by atoms with Crippen molar-refractivity contribution < 1.29 is 24.5 Å². The molecule has 0 unspecified atom stereocenters. The molecule has 6 aliphatic rings. The normalized spacial score (nSPS) is 49.9. The molecule has 6 aliphatic carbocycles. The Morgan fingerprint density at radius 1 is 1.19 bits per heavy atom. The second-order valence-corrected chi connectivity index (χ2v) is 11.6. The fraction of sp³-hybridized carbons (Fsp3) is 0.846. The van der Waals surface area contributed by atoms with Gasteiger partial charge in [-0.3, -0.25) is 4.79 Å². The summed E-state index contributed by atoms with van der Waals surface area (Å²) in [5, 5.41) is 21.1. The second-order valence-electron chi connectivity index (χ2n) is 11.6. The lowest BCUT2D eigenvalue weighted by Crippen LogP contribution is -2.58. The van der Waals surface area contributed by atoms with Crippen molar-refractivity contribution in [3.05, 3.63) is 11.6 Å². The maximum absolute atomic E-state index is 12.2. The van der Waals surface area contributed by atoms with E-state index in [0.717, 1.165) is 44.4 Å². The molecule has 5 nitrogen and oxygen atoms in total. The summed E-state index contributed by atoms with van der Waals surface area (Å²) in [4.78, 5) is 23.1. The van der Waals surface area contributed by atoms with Crippen LogP contribution < -0.4 is 0 Å². The highest BCUT2D eigenvalue weighted by Gasteiger charge is 2.77. The Bertz CT molecular complexity index is 830. The number of carbonyl (C=O) groups excluding carboxylic acids is 1. The molecule has 0 heterocycles. The van der Waals surface area contributed by atoms with Crippen LogP contribution in [-0.4, -0.2) is 34.4 Å². The number of hydrogen-bond acceptors (Lipinski definition) is 4. The summed E-state index contributed by atoms with van der Waals surface area (Å²) in [6.07, 6.45) is 11.0. The van der Waals surface area contributed by atoms with Gasteiger partial charge in [0.15, 0.2) is 5.78 Å². The fourth-order valence-electron chi connectivity index (χ4n) is 9.63. The monoisotopic (exact) mass is 428 g/mol. The first kappa shape index (κ1) is 20.3. The quantitative estimate of drug-likeness (QED) is 0.613. The lowest BCUT2D eigenvalue weighted by atomic mass is 9.45. The summed E-state index contributed by atoms with van der Waals surface area (Å²) >= 11 is 0. The minimum atomic E-state index is -1.24. The van der Waals surface area contributed by atoms with Crippen LogP contribution in [-0.2, 0) is 9.53 Å². The van der Waals surface area contributed by atoms with Crippen LogP contribution in [0.2, 0.25) is 0 Å². The SMILES string of the molecule is CC[C@]12CC[C@H]3[C@H]([C@@H]1[C@H]1C[C@H]1[C@@]2(O)CCOC(=O)O)[C@@H](C1CC1)CC1=CC(=O)CC[C@@H]13. The molecule has 0 aromatic rings. The molecule has 0 aliphatic heterocycles. The first-order chi connectivity index (χ1) is 14.9. The third-order valence-corrected chi connectivity index (χ3v) is 10.8. The lowest BCUT2D eigenvalue weighted by molar-refractivity contribution is -0.168. The summed E-state index contributed by atoms with van der Waals surface area (Å²) in [6.45, 7) is 2.35. The molecule has 5 heteroatoms. The minimum absolute atomic E-state index is 0.0948. The van der Waals surface area contributed by atoms with Crippen LogP contribution in [0.5, 0.6) is 0 Å². The van der Waals surface area contributed by atoms with Gasteiger partial charge in [0, 0.05) is 18.3 Å². The van der Waals surface area contributed by atoms with E-state index in [2.05, 4.69) is 6.92 Å². The highest BCUT2D eigenvalue weighted by Crippen LogP contribution is 2.78. The zero-order valence-electron chi connectivity index (χ0n) is 18.6. The average Bonchev–Trinajstić information content (AvgIpc) is 3.65. The van der Waals surface area contributed by atoms with Gasteiger partial charge in [-0.1, -0.05) is 12.5 Å². The van der Waals surface area contributed by atoms with Crippen molar-refractivity contribution in [2.45, 2.75) is 76.7 Å². The Labute approximate surface area is 184 Å². The number of hydrogen-bond donors (Lipinski definition) is 2. The van der Waals surface area contributed by atoms with Gasteiger partial charge >= 0.3 is 6.16 Å². The van der Waals surface area contributed by atoms with Crippen molar-refractivity contribution in [2.75, 3.05) is 6.61 Å². The Morgan fingerprint density at radius 2 is 2.00 bits per heavy atom. The van der Waals surface area contributed by atoms with Crippen LogP contribution in [0.4, 0.5) is 4.79 Å². The molecular formula is C26H36O5. The number of fused-ring (bicyclic) bond motifs is 7. The van der Waals surface area contributed by atoms with E-state index in [9.17, 15) is 14.7 Å². The third kappa shape index (κ3) is 2.77. The van der Waals surface area contributed by atoms with Crippen LogP contribution in [0, 0.1) is 52.8 Å². The van der Waals surface area contributed by atoms with Gasteiger partial charge in [-0.05, 0) is 105 Å². The van der Waals surface area contributed by atoms with Gasteiger partial charge in [0.2, 0.25) is 0 Å².